The lowest BCUT2D eigenvalue weighted by Gasteiger charge is -2.23. The summed E-state index contributed by atoms with van der Waals surface area (Å²) >= 11 is 0. The van der Waals surface area contributed by atoms with Gasteiger partial charge in [0.1, 0.15) is 18.5 Å². The number of aliphatic hydroxyl groups excluding tert-OH is 1. The summed E-state index contributed by atoms with van der Waals surface area (Å²) < 4.78 is 20.8. The van der Waals surface area contributed by atoms with Crippen LogP contribution < -0.4 is 0 Å². The second-order valence-corrected chi connectivity index (χ2v) is 7.18. The molecule has 1 aromatic carbocycles. The number of rotatable bonds is 5. The van der Waals surface area contributed by atoms with Gasteiger partial charge in [0, 0.05) is 33.8 Å². The highest BCUT2D eigenvalue weighted by atomic mass is 19.1. The van der Waals surface area contributed by atoms with E-state index in [0.717, 1.165) is 12.1 Å². The Kier molecular flexibility index (Phi) is 4.89. The van der Waals surface area contributed by atoms with E-state index < -0.39 is 6.10 Å². The van der Waals surface area contributed by atoms with Crippen LogP contribution in [0.4, 0.5) is 4.39 Å². The van der Waals surface area contributed by atoms with E-state index in [1.807, 2.05) is 19.1 Å². The number of allylic oxidation sites excluding steroid dienone is 3. The highest BCUT2D eigenvalue weighted by Gasteiger charge is 2.29. The van der Waals surface area contributed by atoms with Gasteiger partial charge in [-0.15, -0.1) is 0 Å². The lowest BCUT2D eigenvalue weighted by Crippen LogP contribution is -2.20. The van der Waals surface area contributed by atoms with Gasteiger partial charge in [-0.05, 0) is 51.0 Å². The van der Waals surface area contributed by atoms with E-state index in [1.54, 1.807) is 17.6 Å². The van der Waals surface area contributed by atoms with Gasteiger partial charge in [0.15, 0.2) is 0 Å². The van der Waals surface area contributed by atoms with Gasteiger partial charge in [-0.3, -0.25) is 9.79 Å². The summed E-state index contributed by atoms with van der Waals surface area (Å²) in [6, 6.07) is 4.40. The highest BCUT2D eigenvalue weighted by Crippen LogP contribution is 2.37. The maximum atomic E-state index is 14.0. The first-order valence-electron chi connectivity index (χ1n) is 9.57. The quantitative estimate of drug-likeness (QED) is 0.796. The molecule has 1 aromatic heterocycles. The molecule has 6 heteroatoms. The van der Waals surface area contributed by atoms with E-state index in [4.69, 9.17) is 4.74 Å². The second-order valence-electron chi connectivity index (χ2n) is 7.18. The van der Waals surface area contributed by atoms with Crippen molar-refractivity contribution in [2.45, 2.75) is 39.3 Å². The van der Waals surface area contributed by atoms with E-state index in [1.165, 1.54) is 12.1 Å². The first-order chi connectivity index (χ1) is 13.5. The molecule has 2 atom stereocenters. The van der Waals surface area contributed by atoms with Gasteiger partial charge in [-0.2, -0.15) is 0 Å². The predicted molar refractivity (Wildman–Crippen MR) is 106 cm³/mol. The fourth-order valence-corrected chi connectivity index (χ4v) is 4.13. The number of aliphatic imine (C=N–C) groups is 1. The molecular formula is C22H23FN2O3. The molecule has 0 saturated heterocycles. The molecule has 1 aliphatic heterocycles. The first kappa shape index (κ1) is 18.6. The molecule has 146 valence electrons. The smallest absolute Gasteiger partial charge is 0.325 e. The van der Waals surface area contributed by atoms with E-state index in [0.29, 0.717) is 46.8 Å². The monoisotopic (exact) mass is 382 g/mol. The molecule has 5 nitrogen and oxygen atoms in total. The molecule has 2 heterocycles. The first-order valence-corrected chi connectivity index (χ1v) is 9.57. The number of halogens is 1. The Morgan fingerprint density at radius 3 is 3.07 bits per heavy atom. The van der Waals surface area contributed by atoms with Crippen molar-refractivity contribution in [3.63, 3.8) is 0 Å². The third-order valence-corrected chi connectivity index (χ3v) is 5.49. The molecule has 0 spiro atoms. The third kappa shape index (κ3) is 3.18. The minimum Gasteiger partial charge on any atom is -0.465 e. The van der Waals surface area contributed by atoms with Gasteiger partial charge < -0.3 is 14.4 Å². The minimum absolute atomic E-state index is 0.0121. The number of ether oxygens (including phenoxy) is 1. The summed E-state index contributed by atoms with van der Waals surface area (Å²) in [7, 11) is 0. The van der Waals surface area contributed by atoms with Crippen molar-refractivity contribution in [3.8, 4) is 0 Å². The molecule has 2 unspecified atom stereocenters. The van der Waals surface area contributed by atoms with Crippen LogP contribution in [0.25, 0.3) is 10.9 Å². The number of nitrogens with zero attached hydrogens (tertiary/aromatic N) is 2. The second kappa shape index (κ2) is 7.36. The van der Waals surface area contributed by atoms with Crippen LogP contribution in [-0.4, -0.2) is 28.0 Å². The standard InChI is InChI=1S/C22H23FN2O3/c1-3-28-20(26)12-25-13(2)21(16-11-15(23)8-10-19(16)25)22(27)18-9-7-14-5-4-6-17(14)24-18/h4-6,8,10-11,14,22,27H,3,7,9,12H2,1-2H3. The van der Waals surface area contributed by atoms with Crippen molar-refractivity contribution >= 4 is 22.6 Å². The Hall–Kier alpha value is -2.73. The zero-order chi connectivity index (χ0) is 19.8. The van der Waals surface area contributed by atoms with Crippen LogP contribution >= 0.6 is 0 Å². The summed E-state index contributed by atoms with van der Waals surface area (Å²) in [6.45, 7) is 3.89. The van der Waals surface area contributed by atoms with Crippen molar-refractivity contribution in [2.24, 2.45) is 10.9 Å². The largest absolute Gasteiger partial charge is 0.465 e. The topological polar surface area (TPSA) is 63.8 Å². The number of hydrogen-bond donors (Lipinski definition) is 1. The molecule has 0 fully saturated rings. The maximum absolute atomic E-state index is 14.0. The van der Waals surface area contributed by atoms with Gasteiger partial charge in [0.2, 0.25) is 0 Å². The molecule has 1 aliphatic carbocycles. The maximum Gasteiger partial charge on any atom is 0.325 e. The summed E-state index contributed by atoms with van der Waals surface area (Å²) in [6.07, 6.45) is 6.70. The van der Waals surface area contributed by atoms with E-state index in [2.05, 4.69) is 11.1 Å². The molecule has 0 radical (unpaired) electrons. The van der Waals surface area contributed by atoms with Crippen LogP contribution in [0.5, 0.6) is 0 Å². The van der Waals surface area contributed by atoms with Crippen LogP contribution in [0, 0.1) is 18.7 Å². The number of carbonyl (C=O) groups is 1. The van der Waals surface area contributed by atoms with Crippen molar-refractivity contribution in [3.05, 3.63) is 59.2 Å². The van der Waals surface area contributed by atoms with Crippen molar-refractivity contribution in [2.75, 3.05) is 6.61 Å². The predicted octanol–water partition coefficient (Wildman–Crippen LogP) is 3.99. The van der Waals surface area contributed by atoms with Crippen LogP contribution in [0.1, 0.15) is 37.1 Å². The molecule has 0 bridgehead atoms. The Morgan fingerprint density at radius 1 is 1.46 bits per heavy atom. The van der Waals surface area contributed by atoms with Gasteiger partial charge in [0.05, 0.1) is 12.3 Å². The van der Waals surface area contributed by atoms with Crippen LogP contribution in [-0.2, 0) is 16.1 Å². The van der Waals surface area contributed by atoms with Crippen molar-refractivity contribution in [1.29, 1.82) is 0 Å². The lowest BCUT2D eigenvalue weighted by molar-refractivity contribution is -0.143. The zero-order valence-electron chi connectivity index (χ0n) is 16.0. The zero-order valence-corrected chi connectivity index (χ0v) is 16.0. The van der Waals surface area contributed by atoms with E-state index >= 15 is 0 Å². The van der Waals surface area contributed by atoms with Gasteiger partial charge >= 0.3 is 5.97 Å². The highest BCUT2D eigenvalue weighted by molar-refractivity contribution is 5.97. The fraction of sp³-hybridized carbons (Fsp3) is 0.364. The molecule has 2 aromatic rings. The molecule has 1 N–H and O–H groups in total. The Morgan fingerprint density at radius 2 is 2.29 bits per heavy atom. The fourth-order valence-electron chi connectivity index (χ4n) is 4.13. The number of hydrogen-bond acceptors (Lipinski definition) is 4. The summed E-state index contributed by atoms with van der Waals surface area (Å²) in [5.74, 6) is -0.435. The van der Waals surface area contributed by atoms with Crippen LogP contribution in [0.15, 0.2) is 47.1 Å². The number of benzene rings is 1. The summed E-state index contributed by atoms with van der Waals surface area (Å²) in [4.78, 5) is 16.7. The van der Waals surface area contributed by atoms with Gasteiger partial charge in [-0.1, -0.05) is 12.2 Å². The molecule has 28 heavy (non-hydrogen) atoms. The summed E-state index contributed by atoms with van der Waals surface area (Å²) in [5, 5.41) is 11.8. The van der Waals surface area contributed by atoms with Crippen LogP contribution in [0.3, 0.4) is 0 Å². The van der Waals surface area contributed by atoms with Crippen molar-refractivity contribution < 1.29 is 19.0 Å². The number of esters is 1. The third-order valence-electron chi connectivity index (χ3n) is 5.49. The Balaban J connectivity index is 1.79. The number of carbonyl (C=O) groups excluding carboxylic acids is 1. The number of aromatic nitrogens is 1. The minimum atomic E-state index is -0.949. The molecule has 0 saturated carbocycles. The Bertz CT molecular complexity index is 1030. The summed E-state index contributed by atoms with van der Waals surface area (Å²) in [5.41, 5.74) is 3.64. The molecule has 2 aliphatic rings. The average molecular weight is 382 g/mol. The van der Waals surface area contributed by atoms with Gasteiger partial charge in [0.25, 0.3) is 0 Å². The molecular weight excluding hydrogens is 359 g/mol. The Labute approximate surface area is 162 Å². The van der Waals surface area contributed by atoms with E-state index in [-0.39, 0.29) is 18.3 Å². The van der Waals surface area contributed by atoms with E-state index in [9.17, 15) is 14.3 Å². The molecule has 0 amide bonds. The lowest BCUT2D eigenvalue weighted by atomic mass is 9.91. The average Bonchev–Trinajstić information content (AvgIpc) is 3.23. The van der Waals surface area contributed by atoms with Gasteiger partial charge in [-0.25, -0.2) is 4.39 Å². The number of aliphatic hydroxyl groups is 1. The molecule has 4 rings (SSSR count). The van der Waals surface area contributed by atoms with Crippen molar-refractivity contribution in [1.82, 2.24) is 4.57 Å². The normalized spacial score (nSPS) is 19.4. The SMILES string of the molecule is CCOC(=O)Cn1c(C)c(C(O)C2=NC3=CC=CC3CC2)c2cc(F)ccc21. The van der Waals surface area contributed by atoms with Crippen LogP contribution in [0.2, 0.25) is 0 Å². The number of fused-ring (bicyclic) bond motifs is 2.